The van der Waals surface area contributed by atoms with Gasteiger partial charge in [-0.25, -0.2) is 4.79 Å². The molecule has 5 nitrogen and oxygen atoms in total. The van der Waals surface area contributed by atoms with E-state index < -0.39 is 5.97 Å². The zero-order chi connectivity index (χ0) is 16.8. The van der Waals surface area contributed by atoms with Crippen LogP contribution in [0.5, 0.6) is 5.75 Å². The number of nitrogen functional groups attached to an aromatic ring is 1. The van der Waals surface area contributed by atoms with Crippen LogP contribution in [0.3, 0.4) is 0 Å². The van der Waals surface area contributed by atoms with Crippen LogP contribution in [0.15, 0.2) is 36.4 Å². The summed E-state index contributed by atoms with van der Waals surface area (Å²) in [4.78, 5) is 12.2. The Morgan fingerprint density at radius 1 is 1.22 bits per heavy atom. The minimum Gasteiger partial charge on any atom is -0.495 e. The van der Waals surface area contributed by atoms with Gasteiger partial charge < -0.3 is 20.5 Å². The summed E-state index contributed by atoms with van der Waals surface area (Å²) in [5, 5.41) is 3.71. The summed E-state index contributed by atoms with van der Waals surface area (Å²) in [6.45, 7) is 2.29. The molecule has 0 aliphatic carbocycles. The lowest BCUT2D eigenvalue weighted by molar-refractivity contribution is 0.0506. The maximum absolute atomic E-state index is 12.2. The summed E-state index contributed by atoms with van der Waals surface area (Å²) in [6, 6.07) is 10.2. The van der Waals surface area contributed by atoms with Crippen molar-refractivity contribution in [3.05, 3.63) is 47.0 Å². The Morgan fingerprint density at radius 2 is 2.00 bits per heavy atom. The first-order chi connectivity index (χ1) is 11.0. The van der Waals surface area contributed by atoms with Gasteiger partial charge in [-0.05, 0) is 42.8 Å². The highest BCUT2D eigenvalue weighted by Gasteiger charge is 2.15. The van der Waals surface area contributed by atoms with Gasteiger partial charge in [0.1, 0.15) is 5.75 Å². The zero-order valence-corrected chi connectivity index (χ0v) is 13.8. The number of halogens is 1. The van der Waals surface area contributed by atoms with Crippen LogP contribution in [-0.4, -0.2) is 19.7 Å². The number of benzene rings is 2. The first-order valence-corrected chi connectivity index (χ1v) is 7.60. The van der Waals surface area contributed by atoms with Crippen molar-refractivity contribution < 1.29 is 14.3 Å². The molecule has 6 heteroatoms. The fraction of sp³-hybridized carbons (Fsp3) is 0.235. The molecule has 2 aromatic carbocycles. The molecule has 23 heavy (non-hydrogen) atoms. The van der Waals surface area contributed by atoms with Crippen molar-refractivity contribution in [3.8, 4) is 5.75 Å². The maximum atomic E-state index is 12.2. The Balaban J connectivity index is 2.36. The van der Waals surface area contributed by atoms with Gasteiger partial charge in [-0.1, -0.05) is 18.5 Å². The van der Waals surface area contributed by atoms with E-state index in [-0.39, 0.29) is 0 Å². The van der Waals surface area contributed by atoms with Gasteiger partial charge in [0.2, 0.25) is 0 Å². The van der Waals surface area contributed by atoms with Gasteiger partial charge in [0.25, 0.3) is 0 Å². The van der Waals surface area contributed by atoms with Gasteiger partial charge in [0.05, 0.1) is 30.7 Å². The maximum Gasteiger partial charge on any atom is 0.340 e. The molecule has 0 radical (unpaired) electrons. The Hall–Kier alpha value is -2.40. The molecule has 0 spiro atoms. The van der Waals surface area contributed by atoms with E-state index >= 15 is 0 Å². The number of nitrogens with one attached hydrogen (secondary N) is 1. The number of hydrogen-bond donors (Lipinski definition) is 2. The summed E-state index contributed by atoms with van der Waals surface area (Å²) in [5.41, 5.74) is 7.85. The monoisotopic (exact) mass is 334 g/mol. The fourth-order valence-electron chi connectivity index (χ4n) is 2.04. The largest absolute Gasteiger partial charge is 0.495 e. The Morgan fingerprint density at radius 3 is 2.70 bits per heavy atom. The molecule has 0 fully saturated rings. The predicted octanol–water partition coefficient (Wildman–Crippen LogP) is 4.24. The molecular weight excluding hydrogens is 316 g/mol. The van der Waals surface area contributed by atoms with E-state index in [1.807, 2.05) is 6.92 Å². The van der Waals surface area contributed by atoms with Crippen LogP contribution in [0.1, 0.15) is 23.7 Å². The molecule has 0 atom stereocenters. The van der Waals surface area contributed by atoms with Crippen molar-refractivity contribution in [2.24, 2.45) is 0 Å². The van der Waals surface area contributed by atoms with E-state index in [2.05, 4.69) is 5.32 Å². The van der Waals surface area contributed by atoms with Crippen LogP contribution in [0.25, 0.3) is 0 Å². The number of carbonyl (C=O) groups is 1. The second-order valence-corrected chi connectivity index (χ2v) is 5.35. The van der Waals surface area contributed by atoms with Crippen molar-refractivity contribution in [3.63, 3.8) is 0 Å². The van der Waals surface area contributed by atoms with Crippen LogP contribution in [-0.2, 0) is 4.74 Å². The molecule has 0 saturated carbocycles. The van der Waals surface area contributed by atoms with E-state index in [0.717, 1.165) is 6.42 Å². The lowest BCUT2D eigenvalue weighted by atomic mass is 10.1. The summed E-state index contributed by atoms with van der Waals surface area (Å²) in [7, 11) is 1.56. The van der Waals surface area contributed by atoms with Crippen LogP contribution in [0, 0.1) is 0 Å². The second-order valence-electron chi connectivity index (χ2n) is 4.91. The molecule has 0 aliphatic heterocycles. The van der Waals surface area contributed by atoms with Gasteiger partial charge in [0, 0.05) is 10.7 Å². The summed E-state index contributed by atoms with van der Waals surface area (Å²) < 4.78 is 10.5. The van der Waals surface area contributed by atoms with Crippen molar-refractivity contribution >= 4 is 34.6 Å². The normalized spacial score (nSPS) is 10.2. The third-order valence-electron chi connectivity index (χ3n) is 3.13. The first-order valence-electron chi connectivity index (χ1n) is 7.22. The number of nitrogens with two attached hydrogens (primary N) is 1. The Bertz CT molecular complexity index is 704. The van der Waals surface area contributed by atoms with Gasteiger partial charge in [-0.3, -0.25) is 0 Å². The molecule has 0 unspecified atom stereocenters. The SMILES string of the molecule is CCCOC(=O)c1cc(N)ccc1Nc1cc(Cl)ccc1OC. The lowest BCUT2D eigenvalue weighted by Crippen LogP contribution is -2.09. The number of hydrogen-bond acceptors (Lipinski definition) is 5. The highest BCUT2D eigenvalue weighted by atomic mass is 35.5. The topological polar surface area (TPSA) is 73.6 Å². The number of anilines is 3. The molecule has 2 aromatic rings. The number of methoxy groups -OCH3 is 1. The van der Waals surface area contributed by atoms with Gasteiger partial charge in [0.15, 0.2) is 0 Å². The van der Waals surface area contributed by atoms with E-state index in [0.29, 0.717) is 40.0 Å². The molecule has 122 valence electrons. The Labute approximate surface area is 140 Å². The van der Waals surface area contributed by atoms with Gasteiger partial charge >= 0.3 is 5.97 Å². The second kappa shape index (κ2) is 7.74. The number of esters is 1. The first kappa shape index (κ1) is 17.0. The molecule has 0 bridgehead atoms. The van der Waals surface area contributed by atoms with E-state index in [1.165, 1.54) is 0 Å². The highest BCUT2D eigenvalue weighted by Crippen LogP contribution is 2.32. The average molecular weight is 335 g/mol. The van der Waals surface area contributed by atoms with Crippen molar-refractivity contribution in [2.75, 3.05) is 24.8 Å². The molecule has 0 amide bonds. The van der Waals surface area contributed by atoms with E-state index in [1.54, 1.807) is 43.5 Å². The number of ether oxygens (including phenoxy) is 2. The third-order valence-corrected chi connectivity index (χ3v) is 3.37. The van der Waals surface area contributed by atoms with Crippen molar-refractivity contribution in [2.45, 2.75) is 13.3 Å². The van der Waals surface area contributed by atoms with Crippen molar-refractivity contribution in [1.82, 2.24) is 0 Å². The zero-order valence-electron chi connectivity index (χ0n) is 13.1. The van der Waals surface area contributed by atoms with E-state index in [9.17, 15) is 4.79 Å². The van der Waals surface area contributed by atoms with Gasteiger partial charge in [-0.15, -0.1) is 0 Å². The molecule has 0 saturated heterocycles. The molecule has 0 heterocycles. The summed E-state index contributed by atoms with van der Waals surface area (Å²) in [5.74, 6) is 0.182. The average Bonchev–Trinajstić information content (AvgIpc) is 2.54. The Kier molecular flexibility index (Phi) is 5.71. The predicted molar refractivity (Wildman–Crippen MR) is 92.7 cm³/mol. The third kappa shape index (κ3) is 4.29. The number of rotatable bonds is 6. The standard InChI is InChI=1S/C17H19ClN2O3/c1-3-8-23-17(21)13-10-12(19)5-6-14(13)20-15-9-11(18)4-7-16(15)22-2/h4-7,9-10,20H,3,8,19H2,1-2H3. The molecule has 0 aromatic heterocycles. The summed E-state index contributed by atoms with van der Waals surface area (Å²) >= 11 is 6.03. The fourth-order valence-corrected chi connectivity index (χ4v) is 2.21. The highest BCUT2D eigenvalue weighted by molar-refractivity contribution is 6.31. The van der Waals surface area contributed by atoms with Crippen LogP contribution < -0.4 is 15.8 Å². The smallest absolute Gasteiger partial charge is 0.340 e. The van der Waals surface area contributed by atoms with Crippen LogP contribution in [0.2, 0.25) is 5.02 Å². The molecular formula is C17H19ClN2O3. The van der Waals surface area contributed by atoms with Crippen LogP contribution in [0.4, 0.5) is 17.1 Å². The summed E-state index contributed by atoms with van der Waals surface area (Å²) in [6.07, 6.45) is 0.749. The number of carbonyl (C=O) groups excluding carboxylic acids is 1. The van der Waals surface area contributed by atoms with E-state index in [4.69, 9.17) is 26.8 Å². The minimum atomic E-state index is -0.428. The lowest BCUT2D eigenvalue weighted by Gasteiger charge is -2.15. The van der Waals surface area contributed by atoms with Crippen LogP contribution >= 0.6 is 11.6 Å². The minimum absolute atomic E-state index is 0.355. The van der Waals surface area contributed by atoms with Gasteiger partial charge in [-0.2, -0.15) is 0 Å². The van der Waals surface area contributed by atoms with Crippen molar-refractivity contribution in [1.29, 1.82) is 0 Å². The quantitative estimate of drug-likeness (QED) is 0.610. The molecule has 3 N–H and O–H groups in total. The molecule has 0 aliphatic rings. The molecule has 2 rings (SSSR count).